The lowest BCUT2D eigenvalue weighted by Gasteiger charge is -2.10. The van der Waals surface area contributed by atoms with Gasteiger partial charge in [0, 0.05) is 18.2 Å². The van der Waals surface area contributed by atoms with Gasteiger partial charge in [0.25, 0.3) is 0 Å². The minimum atomic E-state index is -0.167. The number of hydrogen-bond acceptors (Lipinski definition) is 3. The SMILES string of the molecule is CC(C)C.CC(C)C.CC(C)CC(C)C.CC(C)N.CC(C)NC(C)C.CC(C)O.CCC.CCC.CCC.CCC.CCC.CCC.CCC.CCC. The van der Waals surface area contributed by atoms with Crippen LogP contribution in [0.2, 0.25) is 0 Å². The van der Waals surface area contributed by atoms with E-state index >= 15 is 0 Å². The van der Waals surface area contributed by atoms with Crippen molar-refractivity contribution in [2.24, 2.45) is 29.4 Å². The van der Waals surface area contributed by atoms with Crippen LogP contribution in [0.25, 0.3) is 0 Å². The van der Waals surface area contributed by atoms with Gasteiger partial charge in [0.1, 0.15) is 0 Å². The van der Waals surface area contributed by atoms with E-state index in [1.165, 1.54) is 57.8 Å². The zero-order valence-corrected chi connectivity index (χ0v) is 46.5. The van der Waals surface area contributed by atoms with Crippen LogP contribution in [0.5, 0.6) is 0 Å². The zero-order chi connectivity index (χ0) is 47.7. The summed E-state index contributed by atoms with van der Waals surface area (Å²) in [5, 5.41) is 11.4. The highest BCUT2D eigenvalue weighted by atomic mass is 16.3. The van der Waals surface area contributed by atoms with Crippen LogP contribution in [0.3, 0.4) is 0 Å². The van der Waals surface area contributed by atoms with E-state index in [9.17, 15) is 0 Å². The molecule has 0 bridgehead atoms. The predicted molar refractivity (Wildman–Crippen MR) is 273 cm³/mol. The van der Waals surface area contributed by atoms with Gasteiger partial charge in [-0.1, -0.05) is 273 Å². The smallest absolute Gasteiger partial charge is 0.0483 e. The Hall–Kier alpha value is -0.120. The molecule has 3 heteroatoms. The van der Waals surface area contributed by atoms with E-state index < -0.39 is 0 Å². The van der Waals surface area contributed by atoms with E-state index in [1.54, 1.807) is 13.8 Å². The summed E-state index contributed by atoms with van der Waals surface area (Å²) >= 11 is 0. The molecular weight excluding hydrogens is 657 g/mol. The fraction of sp³-hybridized carbons (Fsp3) is 1.00. The molecule has 4 N–H and O–H groups in total. The van der Waals surface area contributed by atoms with Crippen molar-refractivity contribution in [2.75, 3.05) is 0 Å². The number of hydrogen-bond donors (Lipinski definition) is 3. The maximum Gasteiger partial charge on any atom is 0.0483 e. The van der Waals surface area contributed by atoms with E-state index in [0.717, 1.165) is 23.7 Å². The van der Waals surface area contributed by atoms with Gasteiger partial charge in [0.2, 0.25) is 0 Å². The molecule has 0 spiro atoms. The van der Waals surface area contributed by atoms with E-state index in [0.29, 0.717) is 18.1 Å². The molecule has 0 rings (SSSR count). The van der Waals surface area contributed by atoms with Gasteiger partial charge in [-0.05, 0) is 50.0 Å². The first-order valence-corrected chi connectivity index (χ1v) is 23.7. The molecule has 0 saturated carbocycles. The molecule has 0 amide bonds. The van der Waals surface area contributed by atoms with Gasteiger partial charge in [-0.3, -0.25) is 0 Å². The van der Waals surface area contributed by atoms with Gasteiger partial charge in [-0.15, -0.1) is 0 Å². The molecule has 0 aromatic rings. The lowest BCUT2D eigenvalue weighted by Crippen LogP contribution is -2.29. The highest BCUT2D eigenvalue weighted by Gasteiger charge is 1.95. The van der Waals surface area contributed by atoms with Gasteiger partial charge in [-0.2, -0.15) is 0 Å². The van der Waals surface area contributed by atoms with Gasteiger partial charge < -0.3 is 16.2 Å². The maximum absolute atomic E-state index is 8.06. The quantitative estimate of drug-likeness (QED) is 0.266. The third kappa shape index (κ3) is 2160. The molecule has 0 fully saturated rings. The Bertz CT molecular complexity index is 264. The summed E-state index contributed by atoms with van der Waals surface area (Å²) in [6, 6.07) is 1.58. The number of rotatable bonds is 4. The third-order valence-electron chi connectivity index (χ3n) is 1.61. The first-order valence-electron chi connectivity index (χ1n) is 23.7. The summed E-state index contributed by atoms with van der Waals surface area (Å²) in [6.07, 6.45) is 11.2. The molecule has 0 saturated heterocycles. The molecule has 0 unspecified atom stereocenters. The van der Waals surface area contributed by atoms with E-state index in [-0.39, 0.29) is 6.10 Å². The molecule has 352 valence electrons. The normalized spacial score (nSPS) is 8.22. The second-order valence-corrected chi connectivity index (χ2v) is 17.0. The monoisotopic (exact) mass is 789 g/mol. The molecular formula is C51H132N2O. The van der Waals surface area contributed by atoms with Crippen LogP contribution in [0, 0.1) is 23.7 Å². The summed E-state index contributed by atoms with van der Waals surface area (Å²) in [5.41, 5.74) is 5.11. The Kier molecular flexibility index (Phi) is 218. The highest BCUT2D eigenvalue weighted by Crippen LogP contribution is 2.08. The number of nitrogens with two attached hydrogens (primary N) is 1. The molecule has 54 heavy (non-hydrogen) atoms. The van der Waals surface area contributed by atoms with Gasteiger partial charge in [0.15, 0.2) is 0 Å². The zero-order valence-electron chi connectivity index (χ0n) is 46.5. The van der Waals surface area contributed by atoms with E-state index in [2.05, 4.69) is 213 Å². The summed E-state index contributed by atoms with van der Waals surface area (Å²) < 4.78 is 0. The van der Waals surface area contributed by atoms with Crippen LogP contribution in [-0.2, 0) is 0 Å². The van der Waals surface area contributed by atoms with Crippen molar-refractivity contribution in [1.82, 2.24) is 5.32 Å². The fourth-order valence-electron chi connectivity index (χ4n) is 1.61. The van der Waals surface area contributed by atoms with Crippen LogP contribution in [0.1, 0.15) is 293 Å². The predicted octanol–water partition coefficient (Wildman–Crippen LogP) is 19.5. The molecule has 0 radical (unpaired) electrons. The summed E-state index contributed by atoms with van der Waals surface area (Å²) in [5.74, 6) is 3.42. The van der Waals surface area contributed by atoms with Gasteiger partial charge >= 0.3 is 0 Å². The lowest BCUT2D eigenvalue weighted by molar-refractivity contribution is 0.216. The van der Waals surface area contributed by atoms with Crippen molar-refractivity contribution in [2.45, 2.75) is 317 Å². The van der Waals surface area contributed by atoms with Crippen molar-refractivity contribution in [1.29, 1.82) is 0 Å². The molecule has 0 atom stereocenters. The number of aliphatic hydroxyl groups is 1. The summed E-state index contributed by atoms with van der Waals surface area (Å²) in [4.78, 5) is 0. The van der Waals surface area contributed by atoms with E-state index in [1.807, 2.05) is 13.8 Å². The van der Waals surface area contributed by atoms with Crippen molar-refractivity contribution >= 4 is 0 Å². The van der Waals surface area contributed by atoms with Crippen LogP contribution in [-0.4, -0.2) is 29.3 Å². The Labute approximate surface area is 356 Å². The Balaban J connectivity index is -0.0000000270. The molecule has 0 aromatic carbocycles. The molecule has 0 aliphatic heterocycles. The maximum atomic E-state index is 8.06. The fourth-order valence-corrected chi connectivity index (χ4v) is 1.61. The average molecular weight is 790 g/mol. The van der Waals surface area contributed by atoms with Crippen molar-refractivity contribution < 1.29 is 5.11 Å². The Morgan fingerprint density at radius 1 is 0.333 bits per heavy atom. The van der Waals surface area contributed by atoms with Gasteiger partial charge in [-0.25, -0.2) is 0 Å². The van der Waals surface area contributed by atoms with Crippen molar-refractivity contribution in [3.05, 3.63) is 0 Å². The third-order valence-corrected chi connectivity index (χ3v) is 1.61. The van der Waals surface area contributed by atoms with Crippen molar-refractivity contribution in [3.63, 3.8) is 0 Å². The van der Waals surface area contributed by atoms with Crippen LogP contribution < -0.4 is 11.1 Å². The second kappa shape index (κ2) is 124. The topological polar surface area (TPSA) is 58.3 Å². The van der Waals surface area contributed by atoms with Crippen LogP contribution in [0.4, 0.5) is 0 Å². The highest BCUT2D eigenvalue weighted by molar-refractivity contribution is 4.55. The Morgan fingerprint density at radius 2 is 0.407 bits per heavy atom. The second-order valence-electron chi connectivity index (χ2n) is 17.0. The molecule has 3 nitrogen and oxygen atoms in total. The first-order chi connectivity index (χ1) is 24.5. The van der Waals surface area contributed by atoms with E-state index in [4.69, 9.17) is 10.8 Å². The number of nitrogens with one attached hydrogen (secondary N) is 1. The minimum Gasteiger partial charge on any atom is -0.394 e. The molecule has 0 aliphatic rings. The average Bonchev–Trinajstić information content (AvgIpc) is 2.90. The molecule has 0 heterocycles. The Morgan fingerprint density at radius 3 is 0.407 bits per heavy atom. The standard InChI is InChI=1S/C7H16.C6H15N.2C4H10.C3H9N.C3H8O.8C3H8/c1-6(2)5-7(3)4;1-5(2)7-6(3)4;2*1-4(2)3;2*1-3(2)4;8*1-3-2/h6-7H,5H2,1-4H3;5-7H,1-4H3;2*4H,1-3H3;3H,4H2,1-2H3;3-4H,1-2H3;8*3H2,1-2H3. The summed E-state index contributed by atoms with van der Waals surface area (Å²) in [7, 11) is 0. The lowest BCUT2D eigenvalue weighted by atomic mass is 10.0. The minimum absolute atomic E-state index is 0.167. The molecule has 0 aliphatic carbocycles. The first kappa shape index (κ1) is 94.7. The largest absolute Gasteiger partial charge is 0.394 e. The van der Waals surface area contributed by atoms with Gasteiger partial charge in [0.05, 0.1) is 0 Å². The molecule has 0 aromatic heterocycles. The van der Waals surface area contributed by atoms with Crippen LogP contribution >= 0.6 is 0 Å². The number of aliphatic hydroxyl groups excluding tert-OH is 1. The van der Waals surface area contributed by atoms with Crippen molar-refractivity contribution in [3.8, 4) is 0 Å². The van der Waals surface area contributed by atoms with Crippen LogP contribution in [0.15, 0.2) is 0 Å². The summed E-state index contributed by atoms with van der Waals surface area (Å²) in [6.45, 7) is 72.0.